The standard InChI is InChI=1S/C15H18N2O3S/c1-10-6-4-5-7-13(10)9-21(19)12(3)15(18)16-14-8-11(2)20-17-14/h4-8,12H,9H2,1-3H3,(H,16,17,18)/t12-,21-/m1/s1. The number of amides is 1. The van der Waals surface area contributed by atoms with Crippen LogP contribution < -0.4 is 5.32 Å². The summed E-state index contributed by atoms with van der Waals surface area (Å²) in [6.45, 7) is 5.36. The highest BCUT2D eigenvalue weighted by atomic mass is 32.2. The summed E-state index contributed by atoms with van der Waals surface area (Å²) in [5, 5.41) is 5.67. The lowest BCUT2D eigenvalue weighted by molar-refractivity contribution is -0.115. The van der Waals surface area contributed by atoms with Gasteiger partial charge in [0.1, 0.15) is 11.0 Å². The molecule has 0 radical (unpaired) electrons. The van der Waals surface area contributed by atoms with Crippen molar-refractivity contribution in [2.24, 2.45) is 0 Å². The van der Waals surface area contributed by atoms with E-state index in [9.17, 15) is 9.00 Å². The molecule has 2 aromatic rings. The number of carbonyl (C=O) groups is 1. The largest absolute Gasteiger partial charge is 0.360 e. The Kier molecular flexibility index (Phi) is 4.90. The first-order valence-corrected chi connectivity index (χ1v) is 8.01. The zero-order chi connectivity index (χ0) is 15.4. The van der Waals surface area contributed by atoms with Gasteiger partial charge >= 0.3 is 0 Å². The van der Waals surface area contributed by atoms with Crippen LogP contribution in [0.4, 0.5) is 5.82 Å². The second-order valence-electron chi connectivity index (χ2n) is 4.91. The van der Waals surface area contributed by atoms with Gasteiger partial charge in [-0.25, -0.2) is 0 Å². The van der Waals surface area contributed by atoms with Gasteiger partial charge in [-0.1, -0.05) is 29.4 Å². The smallest absolute Gasteiger partial charge is 0.241 e. The van der Waals surface area contributed by atoms with E-state index in [2.05, 4.69) is 10.5 Å². The summed E-state index contributed by atoms with van der Waals surface area (Å²) in [6, 6.07) is 9.36. The number of aromatic nitrogens is 1. The van der Waals surface area contributed by atoms with Gasteiger partial charge in [0.2, 0.25) is 5.91 Å². The molecule has 1 N–H and O–H groups in total. The summed E-state index contributed by atoms with van der Waals surface area (Å²) in [5.74, 6) is 0.991. The predicted molar refractivity (Wildman–Crippen MR) is 82.4 cm³/mol. The Labute approximate surface area is 126 Å². The number of anilines is 1. The summed E-state index contributed by atoms with van der Waals surface area (Å²) in [6.07, 6.45) is 0. The van der Waals surface area contributed by atoms with Crippen LogP contribution in [0.3, 0.4) is 0 Å². The van der Waals surface area contributed by atoms with Gasteiger partial charge in [0, 0.05) is 22.6 Å². The first-order valence-electron chi connectivity index (χ1n) is 6.63. The minimum Gasteiger partial charge on any atom is -0.360 e. The Hall–Kier alpha value is -1.95. The Morgan fingerprint density at radius 1 is 1.38 bits per heavy atom. The van der Waals surface area contributed by atoms with Crippen LogP contribution in [0.15, 0.2) is 34.9 Å². The quantitative estimate of drug-likeness (QED) is 0.921. The molecule has 0 unspecified atom stereocenters. The third kappa shape index (κ3) is 4.01. The van der Waals surface area contributed by atoms with Crippen LogP contribution in [0.2, 0.25) is 0 Å². The molecule has 0 saturated carbocycles. The molecule has 1 aromatic carbocycles. The van der Waals surface area contributed by atoms with E-state index >= 15 is 0 Å². The van der Waals surface area contributed by atoms with Crippen LogP contribution in [0, 0.1) is 13.8 Å². The Bertz CT molecular complexity index is 666. The second-order valence-corrected chi connectivity index (χ2v) is 6.66. The highest BCUT2D eigenvalue weighted by Gasteiger charge is 2.21. The molecule has 2 rings (SSSR count). The Morgan fingerprint density at radius 3 is 2.71 bits per heavy atom. The molecule has 6 heteroatoms. The molecule has 0 bridgehead atoms. The van der Waals surface area contributed by atoms with Gasteiger partial charge < -0.3 is 9.84 Å². The molecule has 0 aliphatic carbocycles. The summed E-state index contributed by atoms with van der Waals surface area (Å²) < 4.78 is 17.2. The monoisotopic (exact) mass is 306 g/mol. The number of rotatable bonds is 5. The summed E-state index contributed by atoms with van der Waals surface area (Å²) >= 11 is 0. The predicted octanol–water partition coefficient (Wildman–Crippen LogP) is 2.57. The maximum atomic E-state index is 12.3. The highest BCUT2D eigenvalue weighted by Crippen LogP contribution is 2.14. The Morgan fingerprint density at radius 2 is 2.10 bits per heavy atom. The molecular formula is C15H18N2O3S. The lowest BCUT2D eigenvalue weighted by Crippen LogP contribution is -2.30. The van der Waals surface area contributed by atoms with Crippen molar-refractivity contribution in [1.29, 1.82) is 0 Å². The Balaban J connectivity index is 1.98. The number of nitrogens with zero attached hydrogens (tertiary/aromatic N) is 1. The number of hydrogen-bond acceptors (Lipinski definition) is 4. The molecule has 5 nitrogen and oxygen atoms in total. The highest BCUT2D eigenvalue weighted by molar-refractivity contribution is 7.85. The zero-order valence-electron chi connectivity index (χ0n) is 12.3. The maximum absolute atomic E-state index is 12.3. The van der Waals surface area contributed by atoms with E-state index in [1.807, 2.05) is 31.2 Å². The molecule has 0 aliphatic rings. The van der Waals surface area contributed by atoms with Crippen molar-refractivity contribution in [3.8, 4) is 0 Å². The molecule has 0 aliphatic heterocycles. The zero-order valence-corrected chi connectivity index (χ0v) is 13.1. The minimum absolute atomic E-state index is 0.324. The van der Waals surface area contributed by atoms with Crippen LogP contribution in [-0.4, -0.2) is 20.5 Å². The van der Waals surface area contributed by atoms with Crippen LogP contribution in [-0.2, 0) is 21.3 Å². The number of hydrogen-bond donors (Lipinski definition) is 1. The topological polar surface area (TPSA) is 72.2 Å². The number of aryl methyl sites for hydroxylation is 2. The second kappa shape index (κ2) is 6.67. The van der Waals surface area contributed by atoms with E-state index in [0.717, 1.165) is 11.1 Å². The molecule has 0 saturated heterocycles. The lowest BCUT2D eigenvalue weighted by atomic mass is 10.1. The first-order chi connectivity index (χ1) is 9.97. The van der Waals surface area contributed by atoms with Gasteiger partial charge in [-0.05, 0) is 31.9 Å². The fourth-order valence-electron chi connectivity index (χ4n) is 1.82. The van der Waals surface area contributed by atoms with Crippen LogP contribution >= 0.6 is 0 Å². The number of carbonyl (C=O) groups excluding carboxylic acids is 1. The van der Waals surface area contributed by atoms with Gasteiger partial charge in [0.05, 0.1) is 0 Å². The van der Waals surface area contributed by atoms with Gasteiger partial charge in [-0.2, -0.15) is 0 Å². The summed E-state index contributed by atoms with van der Waals surface area (Å²) in [7, 11) is -1.29. The third-order valence-corrected chi connectivity index (χ3v) is 4.80. The van der Waals surface area contributed by atoms with E-state index in [1.165, 1.54) is 0 Å². The molecule has 2 atom stereocenters. The van der Waals surface area contributed by atoms with Crippen molar-refractivity contribution >= 4 is 22.5 Å². The third-order valence-electron chi connectivity index (χ3n) is 3.20. The van der Waals surface area contributed by atoms with Crippen LogP contribution in [0.5, 0.6) is 0 Å². The number of nitrogens with one attached hydrogen (secondary N) is 1. The molecule has 0 spiro atoms. The van der Waals surface area contributed by atoms with Crippen molar-refractivity contribution in [3.63, 3.8) is 0 Å². The lowest BCUT2D eigenvalue weighted by Gasteiger charge is -2.11. The average Bonchev–Trinajstić information content (AvgIpc) is 2.85. The van der Waals surface area contributed by atoms with Gasteiger partial charge in [0.25, 0.3) is 0 Å². The average molecular weight is 306 g/mol. The van der Waals surface area contributed by atoms with Crippen molar-refractivity contribution in [1.82, 2.24) is 5.16 Å². The first kappa shape index (κ1) is 15.4. The minimum atomic E-state index is -1.29. The van der Waals surface area contributed by atoms with Crippen LogP contribution in [0.1, 0.15) is 23.8 Å². The van der Waals surface area contributed by atoms with Crippen molar-refractivity contribution in [3.05, 3.63) is 47.2 Å². The van der Waals surface area contributed by atoms with Crippen LogP contribution in [0.25, 0.3) is 0 Å². The fourth-order valence-corrected chi connectivity index (χ4v) is 3.00. The van der Waals surface area contributed by atoms with Gasteiger partial charge in [-0.3, -0.25) is 9.00 Å². The summed E-state index contributed by atoms with van der Waals surface area (Å²) in [4.78, 5) is 12.1. The van der Waals surface area contributed by atoms with Gasteiger partial charge in [-0.15, -0.1) is 0 Å². The van der Waals surface area contributed by atoms with E-state index in [4.69, 9.17) is 4.52 Å². The maximum Gasteiger partial charge on any atom is 0.241 e. The van der Waals surface area contributed by atoms with E-state index in [-0.39, 0.29) is 5.91 Å². The molecule has 112 valence electrons. The van der Waals surface area contributed by atoms with E-state index in [0.29, 0.717) is 17.3 Å². The summed E-state index contributed by atoms with van der Waals surface area (Å²) in [5.41, 5.74) is 2.07. The van der Waals surface area contributed by atoms with Crippen molar-refractivity contribution in [2.75, 3.05) is 5.32 Å². The molecule has 21 heavy (non-hydrogen) atoms. The van der Waals surface area contributed by atoms with E-state index in [1.54, 1.807) is 19.9 Å². The molecule has 0 fully saturated rings. The van der Waals surface area contributed by atoms with E-state index < -0.39 is 16.0 Å². The molecule has 1 amide bonds. The molecule has 1 aromatic heterocycles. The molecular weight excluding hydrogens is 288 g/mol. The normalized spacial score (nSPS) is 13.7. The van der Waals surface area contributed by atoms with Crippen molar-refractivity contribution in [2.45, 2.75) is 31.8 Å². The SMILES string of the molecule is Cc1cc(NC(=O)[C@@H](C)[S@](=O)Cc2ccccc2C)no1. The van der Waals surface area contributed by atoms with Gasteiger partial charge in [0.15, 0.2) is 5.82 Å². The van der Waals surface area contributed by atoms with Crippen molar-refractivity contribution < 1.29 is 13.5 Å². The number of benzene rings is 1. The fraction of sp³-hybridized carbons (Fsp3) is 0.333. The molecule has 1 heterocycles.